The Bertz CT molecular complexity index is 114. The van der Waals surface area contributed by atoms with Gasteiger partial charge < -0.3 is 0 Å². The van der Waals surface area contributed by atoms with Crippen LogP contribution in [0.5, 0.6) is 0 Å². The van der Waals surface area contributed by atoms with Crippen molar-refractivity contribution in [1.82, 2.24) is 5.32 Å². The number of rotatable bonds is 2. The highest BCUT2D eigenvalue weighted by atomic mass is 14.8. The van der Waals surface area contributed by atoms with Crippen molar-refractivity contribution in [2.24, 2.45) is 0 Å². The smallest absolute Gasteiger partial charge is 0.0363 e. The third-order valence-electron chi connectivity index (χ3n) is 1.27. The first kappa shape index (κ1) is 5.42. The van der Waals surface area contributed by atoms with Crippen molar-refractivity contribution in [2.75, 3.05) is 0 Å². The minimum absolute atomic E-state index is 1.14. The van der Waals surface area contributed by atoms with E-state index in [0.717, 1.165) is 6.42 Å². The Morgan fingerprint density at radius 2 is 2.62 bits per heavy atom. The summed E-state index contributed by atoms with van der Waals surface area (Å²) >= 11 is 0. The first-order chi connectivity index (χ1) is 3.93. The largest absolute Gasteiger partial charge is 0.262 e. The van der Waals surface area contributed by atoms with Gasteiger partial charge in [-0.3, -0.25) is 5.32 Å². The van der Waals surface area contributed by atoms with Gasteiger partial charge in [0.2, 0.25) is 0 Å². The molecule has 0 aromatic rings. The maximum atomic E-state index is 4.05. The summed E-state index contributed by atoms with van der Waals surface area (Å²) in [6, 6.07) is 0. The average Bonchev–Trinajstić information content (AvgIpc) is 2.19. The van der Waals surface area contributed by atoms with Gasteiger partial charge in [-0.05, 0) is 19.3 Å². The molecular formula is C7H10N. The van der Waals surface area contributed by atoms with E-state index in [-0.39, 0.29) is 0 Å². The lowest BCUT2D eigenvalue weighted by Crippen LogP contribution is -1.89. The van der Waals surface area contributed by atoms with E-state index in [2.05, 4.69) is 18.0 Å². The molecule has 0 aliphatic heterocycles. The fraction of sp³-hybridized carbons (Fsp3) is 0.429. The molecule has 1 aliphatic carbocycles. The lowest BCUT2D eigenvalue weighted by atomic mass is 10.3. The maximum Gasteiger partial charge on any atom is 0.0363 e. The Balaban J connectivity index is 2.33. The molecule has 0 aromatic heterocycles. The summed E-state index contributed by atoms with van der Waals surface area (Å²) in [5, 5.41) is 4.05. The molecular weight excluding hydrogens is 98.1 g/mol. The van der Waals surface area contributed by atoms with Crippen LogP contribution in [0, 0.1) is 0 Å². The van der Waals surface area contributed by atoms with Crippen molar-refractivity contribution in [3.05, 3.63) is 24.6 Å². The van der Waals surface area contributed by atoms with Crippen molar-refractivity contribution in [1.29, 1.82) is 0 Å². The Morgan fingerprint density at radius 1 is 1.75 bits per heavy atom. The van der Waals surface area contributed by atoms with Gasteiger partial charge in [-0.2, -0.15) is 0 Å². The van der Waals surface area contributed by atoms with Crippen LogP contribution >= 0.6 is 0 Å². The van der Waals surface area contributed by atoms with Crippen LogP contribution in [0.2, 0.25) is 0 Å². The molecule has 1 radical (unpaired) electrons. The first-order valence-corrected chi connectivity index (χ1v) is 2.94. The average molecular weight is 108 g/mol. The number of allylic oxidation sites excluding steroid dienone is 2. The van der Waals surface area contributed by atoms with Gasteiger partial charge in [-0.1, -0.05) is 12.7 Å². The molecule has 1 nitrogen and oxygen atoms in total. The third-order valence-corrected chi connectivity index (χ3v) is 1.27. The minimum Gasteiger partial charge on any atom is -0.262 e. The predicted octanol–water partition coefficient (Wildman–Crippen LogP) is 1.80. The van der Waals surface area contributed by atoms with Crippen LogP contribution < -0.4 is 5.32 Å². The van der Waals surface area contributed by atoms with Crippen molar-refractivity contribution < 1.29 is 0 Å². The Morgan fingerprint density at radius 3 is 3.12 bits per heavy atom. The second kappa shape index (κ2) is 2.55. The molecule has 0 heterocycles. The molecule has 0 aromatic carbocycles. The van der Waals surface area contributed by atoms with Gasteiger partial charge in [0, 0.05) is 11.9 Å². The molecule has 0 spiro atoms. The van der Waals surface area contributed by atoms with Crippen molar-refractivity contribution in [3.63, 3.8) is 0 Å². The molecule has 0 amide bonds. The fourth-order valence-corrected chi connectivity index (χ4v) is 0.888. The molecule has 1 rings (SSSR count). The highest BCUT2D eigenvalue weighted by Crippen LogP contribution is 2.14. The topological polar surface area (TPSA) is 14.1 Å². The van der Waals surface area contributed by atoms with E-state index in [1.807, 2.05) is 0 Å². The summed E-state index contributed by atoms with van der Waals surface area (Å²) < 4.78 is 0. The second-order valence-electron chi connectivity index (χ2n) is 1.90. The van der Waals surface area contributed by atoms with Crippen LogP contribution in [0.4, 0.5) is 0 Å². The van der Waals surface area contributed by atoms with E-state index < -0.39 is 0 Å². The van der Waals surface area contributed by atoms with E-state index in [4.69, 9.17) is 0 Å². The number of hydrogen-bond donors (Lipinski definition) is 0. The summed E-state index contributed by atoms with van der Waals surface area (Å²) in [5.74, 6) is 0. The zero-order chi connectivity index (χ0) is 5.82. The van der Waals surface area contributed by atoms with Crippen molar-refractivity contribution in [2.45, 2.75) is 19.3 Å². The molecule has 0 atom stereocenters. The highest BCUT2D eigenvalue weighted by Gasteiger charge is 2.01. The summed E-state index contributed by atoms with van der Waals surface area (Å²) in [6.07, 6.45) is 7.39. The quantitative estimate of drug-likeness (QED) is 0.512. The van der Waals surface area contributed by atoms with Gasteiger partial charge in [0.25, 0.3) is 0 Å². The van der Waals surface area contributed by atoms with Crippen LogP contribution in [0.3, 0.4) is 0 Å². The third kappa shape index (κ3) is 1.12. The molecule has 0 fully saturated rings. The Hall–Kier alpha value is -0.720. The van der Waals surface area contributed by atoms with E-state index in [9.17, 15) is 0 Å². The molecule has 0 saturated heterocycles. The Labute approximate surface area is 50.1 Å². The van der Waals surface area contributed by atoms with Crippen LogP contribution in [-0.4, -0.2) is 0 Å². The van der Waals surface area contributed by atoms with E-state index in [1.165, 1.54) is 18.5 Å². The SMILES string of the molecule is C=C[N]C1=CCCC1. The Kier molecular flexibility index (Phi) is 1.73. The van der Waals surface area contributed by atoms with Gasteiger partial charge in [0.05, 0.1) is 0 Å². The number of nitrogens with zero attached hydrogens (tertiary/aromatic N) is 1. The monoisotopic (exact) mass is 108 g/mol. The van der Waals surface area contributed by atoms with Crippen LogP contribution in [-0.2, 0) is 0 Å². The number of hydrogen-bond acceptors (Lipinski definition) is 0. The molecule has 43 valence electrons. The summed E-state index contributed by atoms with van der Waals surface area (Å²) in [6.45, 7) is 3.52. The highest BCUT2D eigenvalue weighted by molar-refractivity contribution is 5.06. The first-order valence-electron chi connectivity index (χ1n) is 2.94. The molecule has 0 unspecified atom stereocenters. The standard InChI is InChI=1S/C7H10N/c1-2-8-7-5-3-4-6-7/h2,5H,1,3-4,6H2. The van der Waals surface area contributed by atoms with Gasteiger partial charge in [-0.25, -0.2) is 0 Å². The van der Waals surface area contributed by atoms with Gasteiger partial charge in [-0.15, -0.1) is 0 Å². The van der Waals surface area contributed by atoms with Crippen LogP contribution in [0.25, 0.3) is 0 Å². The summed E-state index contributed by atoms with van der Waals surface area (Å²) in [7, 11) is 0. The summed E-state index contributed by atoms with van der Waals surface area (Å²) in [5.41, 5.74) is 1.21. The normalized spacial score (nSPS) is 17.8. The lowest BCUT2D eigenvalue weighted by Gasteiger charge is -1.91. The fourth-order valence-electron chi connectivity index (χ4n) is 0.888. The molecule has 1 heteroatoms. The minimum atomic E-state index is 1.14. The lowest BCUT2D eigenvalue weighted by molar-refractivity contribution is 0.861. The van der Waals surface area contributed by atoms with Crippen molar-refractivity contribution >= 4 is 0 Å². The molecule has 8 heavy (non-hydrogen) atoms. The zero-order valence-corrected chi connectivity index (χ0v) is 4.93. The summed E-state index contributed by atoms with van der Waals surface area (Å²) in [4.78, 5) is 0. The molecule has 1 aliphatic rings. The van der Waals surface area contributed by atoms with Gasteiger partial charge in [0.1, 0.15) is 0 Å². The predicted molar refractivity (Wildman–Crippen MR) is 34.3 cm³/mol. The molecule has 0 N–H and O–H groups in total. The van der Waals surface area contributed by atoms with Crippen molar-refractivity contribution in [3.8, 4) is 0 Å². The van der Waals surface area contributed by atoms with Crippen LogP contribution in [0.15, 0.2) is 24.6 Å². The zero-order valence-electron chi connectivity index (χ0n) is 4.93. The maximum absolute atomic E-state index is 4.05. The van der Waals surface area contributed by atoms with Gasteiger partial charge in [0.15, 0.2) is 0 Å². The van der Waals surface area contributed by atoms with Crippen LogP contribution in [0.1, 0.15) is 19.3 Å². The molecule has 0 saturated carbocycles. The van der Waals surface area contributed by atoms with E-state index in [1.54, 1.807) is 6.20 Å². The second-order valence-corrected chi connectivity index (χ2v) is 1.90. The van der Waals surface area contributed by atoms with E-state index in [0.29, 0.717) is 0 Å². The van der Waals surface area contributed by atoms with Gasteiger partial charge >= 0.3 is 0 Å². The molecule has 0 bridgehead atoms. The van der Waals surface area contributed by atoms with E-state index >= 15 is 0 Å².